The summed E-state index contributed by atoms with van der Waals surface area (Å²) in [5.74, 6) is -0.222. The minimum Gasteiger partial charge on any atom is -0.261 e. The van der Waals surface area contributed by atoms with Gasteiger partial charge in [-0.1, -0.05) is 0 Å². The number of benzene rings is 1. The molecule has 1 aliphatic rings. The van der Waals surface area contributed by atoms with Crippen LogP contribution in [0, 0.1) is 12.7 Å². The topological polar surface area (TPSA) is 25.8 Å². The van der Waals surface area contributed by atoms with Crippen molar-refractivity contribution in [2.75, 3.05) is 0 Å². The predicted octanol–water partition coefficient (Wildman–Crippen LogP) is 4.81. The van der Waals surface area contributed by atoms with Crippen LogP contribution in [0.1, 0.15) is 23.2 Å². The highest BCUT2D eigenvalue weighted by molar-refractivity contribution is 7.13. The quantitative estimate of drug-likeness (QED) is 0.679. The Hall–Kier alpha value is -2.07. The highest BCUT2D eigenvalue weighted by Gasteiger charge is 2.20. The number of pyridine rings is 1. The minimum absolute atomic E-state index is 0.222. The summed E-state index contributed by atoms with van der Waals surface area (Å²) >= 11 is 1.64. The Morgan fingerprint density at radius 1 is 1.14 bits per heavy atom. The van der Waals surface area contributed by atoms with Crippen LogP contribution in [0.25, 0.3) is 21.8 Å². The molecule has 0 atom stereocenters. The van der Waals surface area contributed by atoms with Gasteiger partial charge in [-0.15, -0.1) is 11.3 Å². The molecular formula is C18H15FN2S. The summed E-state index contributed by atoms with van der Waals surface area (Å²) in [5, 5.41) is 3.05. The fraction of sp³-hybridized carbons (Fsp3) is 0.222. The van der Waals surface area contributed by atoms with Crippen molar-refractivity contribution in [2.24, 2.45) is 0 Å². The Morgan fingerprint density at radius 3 is 2.77 bits per heavy atom. The van der Waals surface area contributed by atoms with Crippen molar-refractivity contribution in [3.05, 3.63) is 58.5 Å². The van der Waals surface area contributed by atoms with Gasteiger partial charge in [-0.25, -0.2) is 9.37 Å². The van der Waals surface area contributed by atoms with Crippen molar-refractivity contribution in [1.29, 1.82) is 0 Å². The standard InChI is InChI=1S/C18H15FN2S/c1-11-17(15-4-2-3-13(15)9-20-11)18-21-16(10-22-18)12-5-7-14(19)8-6-12/h5-10H,2-4H2,1H3. The maximum absolute atomic E-state index is 13.0. The van der Waals surface area contributed by atoms with Crippen LogP contribution in [0.4, 0.5) is 4.39 Å². The first-order valence-corrected chi connectivity index (χ1v) is 8.29. The summed E-state index contributed by atoms with van der Waals surface area (Å²) in [6.45, 7) is 2.05. The Labute approximate surface area is 132 Å². The number of halogens is 1. The van der Waals surface area contributed by atoms with Gasteiger partial charge in [-0.2, -0.15) is 0 Å². The maximum Gasteiger partial charge on any atom is 0.126 e. The van der Waals surface area contributed by atoms with Crippen LogP contribution in [0.5, 0.6) is 0 Å². The SMILES string of the molecule is Cc1ncc2c(c1-c1nc(-c3ccc(F)cc3)cs1)CCC2. The van der Waals surface area contributed by atoms with Crippen LogP contribution in [-0.2, 0) is 12.8 Å². The van der Waals surface area contributed by atoms with Gasteiger partial charge < -0.3 is 0 Å². The smallest absolute Gasteiger partial charge is 0.126 e. The van der Waals surface area contributed by atoms with E-state index in [1.54, 1.807) is 23.5 Å². The molecule has 22 heavy (non-hydrogen) atoms. The summed E-state index contributed by atoms with van der Waals surface area (Å²) in [4.78, 5) is 9.31. The molecule has 0 N–H and O–H groups in total. The van der Waals surface area contributed by atoms with Gasteiger partial charge in [0.1, 0.15) is 10.8 Å². The van der Waals surface area contributed by atoms with E-state index in [0.717, 1.165) is 34.8 Å². The predicted molar refractivity (Wildman–Crippen MR) is 87.5 cm³/mol. The average molecular weight is 310 g/mol. The zero-order chi connectivity index (χ0) is 15.1. The lowest BCUT2D eigenvalue weighted by Crippen LogP contribution is -1.95. The molecule has 2 nitrogen and oxygen atoms in total. The maximum atomic E-state index is 13.0. The number of hydrogen-bond acceptors (Lipinski definition) is 3. The molecule has 0 saturated heterocycles. The molecule has 2 aromatic heterocycles. The lowest BCUT2D eigenvalue weighted by atomic mass is 10.0. The highest BCUT2D eigenvalue weighted by Crippen LogP contribution is 2.37. The third-order valence-corrected chi connectivity index (χ3v) is 5.06. The van der Waals surface area contributed by atoms with Crippen LogP contribution < -0.4 is 0 Å². The first-order chi connectivity index (χ1) is 10.7. The fourth-order valence-corrected chi connectivity index (χ4v) is 4.03. The number of aryl methyl sites for hydroxylation is 2. The van der Waals surface area contributed by atoms with Crippen molar-refractivity contribution in [3.63, 3.8) is 0 Å². The van der Waals surface area contributed by atoms with E-state index in [-0.39, 0.29) is 5.82 Å². The normalized spacial score (nSPS) is 13.4. The number of rotatable bonds is 2. The van der Waals surface area contributed by atoms with E-state index in [4.69, 9.17) is 4.98 Å². The fourth-order valence-electron chi connectivity index (χ4n) is 3.08. The molecule has 0 bridgehead atoms. The molecule has 0 amide bonds. The van der Waals surface area contributed by atoms with Crippen molar-refractivity contribution >= 4 is 11.3 Å². The molecule has 0 saturated carbocycles. The van der Waals surface area contributed by atoms with Gasteiger partial charge in [0.15, 0.2) is 0 Å². The zero-order valence-corrected chi connectivity index (χ0v) is 13.1. The van der Waals surface area contributed by atoms with Gasteiger partial charge in [0.2, 0.25) is 0 Å². The molecule has 0 fully saturated rings. The average Bonchev–Trinajstić information content (AvgIpc) is 3.17. The lowest BCUT2D eigenvalue weighted by Gasteiger charge is -2.08. The molecule has 0 aliphatic heterocycles. The number of thiazole rings is 1. The van der Waals surface area contributed by atoms with Crippen molar-refractivity contribution < 1.29 is 4.39 Å². The lowest BCUT2D eigenvalue weighted by molar-refractivity contribution is 0.628. The van der Waals surface area contributed by atoms with E-state index < -0.39 is 0 Å². The summed E-state index contributed by atoms with van der Waals surface area (Å²) in [6.07, 6.45) is 5.44. The van der Waals surface area contributed by atoms with Crippen LogP contribution in [0.2, 0.25) is 0 Å². The van der Waals surface area contributed by atoms with Gasteiger partial charge in [0.05, 0.1) is 5.69 Å². The van der Waals surface area contributed by atoms with E-state index in [2.05, 4.69) is 4.98 Å². The highest BCUT2D eigenvalue weighted by atomic mass is 32.1. The summed E-state index contributed by atoms with van der Waals surface area (Å²) in [5.41, 5.74) is 6.86. The van der Waals surface area contributed by atoms with E-state index in [9.17, 15) is 4.39 Å². The Morgan fingerprint density at radius 2 is 1.95 bits per heavy atom. The largest absolute Gasteiger partial charge is 0.261 e. The van der Waals surface area contributed by atoms with Crippen LogP contribution in [-0.4, -0.2) is 9.97 Å². The molecule has 3 aromatic rings. The van der Waals surface area contributed by atoms with Gasteiger partial charge >= 0.3 is 0 Å². The Kier molecular flexibility index (Phi) is 3.26. The second-order valence-electron chi connectivity index (χ2n) is 5.62. The third kappa shape index (κ3) is 2.24. The molecule has 110 valence electrons. The second-order valence-corrected chi connectivity index (χ2v) is 6.48. The minimum atomic E-state index is -0.222. The van der Waals surface area contributed by atoms with E-state index in [0.29, 0.717) is 0 Å². The summed E-state index contributed by atoms with van der Waals surface area (Å²) in [6, 6.07) is 6.49. The van der Waals surface area contributed by atoms with Crippen LogP contribution in [0.3, 0.4) is 0 Å². The molecule has 1 aliphatic carbocycles. The summed E-state index contributed by atoms with van der Waals surface area (Å²) in [7, 11) is 0. The van der Waals surface area contributed by atoms with E-state index in [1.807, 2.05) is 18.5 Å². The second kappa shape index (κ2) is 5.29. The van der Waals surface area contributed by atoms with Gasteiger partial charge in [0.25, 0.3) is 0 Å². The van der Waals surface area contributed by atoms with Crippen LogP contribution >= 0.6 is 11.3 Å². The summed E-state index contributed by atoms with van der Waals surface area (Å²) < 4.78 is 13.0. The first kappa shape index (κ1) is 13.6. The molecule has 0 unspecified atom stereocenters. The number of nitrogens with zero attached hydrogens (tertiary/aromatic N) is 2. The zero-order valence-electron chi connectivity index (χ0n) is 12.3. The van der Waals surface area contributed by atoms with Crippen molar-refractivity contribution in [3.8, 4) is 21.8 Å². The van der Waals surface area contributed by atoms with Crippen molar-refractivity contribution in [2.45, 2.75) is 26.2 Å². The molecular weight excluding hydrogens is 295 g/mol. The Bertz CT molecular complexity index is 837. The van der Waals surface area contributed by atoms with Crippen LogP contribution in [0.15, 0.2) is 35.8 Å². The molecule has 4 heteroatoms. The number of fused-ring (bicyclic) bond motifs is 1. The molecule has 2 heterocycles. The number of hydrogen-bond donors (Lipinski definition) is 0. The molecule has 1 aromatic carbocycles. The first-order valence-electron chi connectivity index (χ1n) is 7.41. The third-order valence-electron chi connectivity index (χ3n) is 4.20. The van der Waals surface area contributed by atoms with Gasteiger partial charge in [-0.05, 0) is 61.6 Å². The molecule has 4 rings (SSSR count). The van der Waals surface area contributed by atoms with Gasteiger partial charge in [0, 0.05) is 28.4 Å². The van der Waals surface area contributed by atoms with E-state index >= 15 is 0 Å². The monoisotopic (exact) mass is 310 g/mol. The van der Waals surface area contributed by atoms with E-state index in [1.165, 1.54) is 35.2 Å². The van der Waals surface area contributed by atoms with Crippen molar-refractivity contribution in [1.82, 2.24) is 9.97 Å². The molecule has 0 spiro atoms. The number of aromatic nitrogens is 2. The Balaban J connectivity index is 1.79. The molecule has 0 radical (unpaired) electrons. The van der Waals surface area contributed by atoms with Gasteiger partial charge in [-0.3, -0.25) is 4.98 Å².